The Balaban J connectivity index is 0.000000256. The van der Waals surface area contributed by atoms with E-state index in [1.165, 1.54) is 144 Å². The van der Waals surface area contributed by atoms with Crippen LogP contribution in [0.1, 0.15) is 111 Å². The lowest BCUT2D eigenvalue weighted by Gasteiger charge is -2.16. The topological polar surface area (TPSA) is 295 Å². The number of benzene rings is 11. The Morgan fingerprint density at radius 1 is 0.333 bits per heavy atom. The van der Waals surface area contributed by atoms with Crippen LogP contribution in [-0.4, -0.2) is 152 Å². The lowest BCUT2D eigenvalue weighted by molar-refractivity contribution is 0.249. The van der Waals surface area contributed by atoms with Crippen LogP contribution in [0.4, 0.5) is 27.1 Å². The van der Waals surface area contributed by atoms with E-state index in [2.05, 4.69) is 17.4 Å². The van der Waals surface area contributed by atoms with Crippen molar-refractivity contribution in [2.24, 2.45) is 0 Å². The summed E-state index contributed by atoms with van der Waals surface area (Å²) < 4.78 is 304. The molecule has 0 heterocycles. The summed E-state index contributed by atoms with van der Waals surface area (Å²) in [4.78, 5) is 13.7. The SMILES string of the molecule is CN(C)Cc1cc(O)ccc1Sc1ccccc1N.[2H]C([2H])(C)C([2H])([2H])C([2H])([2H])OS(=O)(=O)c1ccc(C)cc1.[2H]C([2H])(F)C([2H])([2H])C([2H])([2H])Oc1ccc(Sc2ccccc2N)c(CN(C)C)c1.[2H]C([2H])(Oc1ccc(Sc2ccccc2N)c(CN(C)C)c1)C([2H])([2H])C([2H])([2H])OS(=O)(=O)c1ccc(C)cc1.[2H]C([2H])(Oc1ccc(Sc2ccccc2N)c(CN(C)C)c1)C([2H])([2H])C([2H])([2H])OS(=O)(=O)c1ccc(C)cc1. The van der Waals surface area contributed by atoms with Gasteiger partial charge in [0.15, 0.2) is 0 Å². The van der Waals surface area contributed by atoms with Crippen LogP contribution in [0.25, 0.3) is 0 Å². The molecule has 29 heteroatoms. The van der Waals surface area contributed by atoms with Crippen molar-refractivity contribution in [1.29, 1.82) is 0 Å². The number of aromatic hydroxyl groups is 1. The van der Waals surface area contributed by atoms with Crippen LogP contribution in [0, 0.1) is 20.8 Å². The number of hydrogen-bond donors (Lipinski definition) is 5. The molecule has 0 aliphatic carbocycles. The van der Waals surface area contributed by atoms with Crippen LogP contribution in [0.2, 0.25) is 0 Å². The number of hydrogen-bond acceptors (Lipinski definition) is 25. The molecule has 0 saturated carbocycles. The molecule has 9 N–H and O–H groups in total. The summed E-state index contributed by atoms with van der Waals surface area (Å²) in [5.74, 6) is 0.0965. The largest absolute Gasteiger partial charge is 0.508 e. The maximum atomic E-state index is 13.6. The number of rotatable bonds is 39. The molecule has 11 aromatic carbocycles. The molecular weight excluding hydrogens is 1690 g/mol. The number of phenolic OH excluding ortho intramolecular Hbond substituents is 1. The molecule has 660 valence electrons. The molecule has 0 bridgehead atoms. The Bertz CT molecular complexity index is 6440. The van der Waals surface area contributed by atoms with Crippen LogP contribution in [-0.2, 0) is 69.1 Å². The standard InChI is InChI=1S/2C25H30N2O4S2.C18H23FN2OS.C15H18N2OS.C11H16O3S/c2*1-19-9-12-22(13-10-19)33(28,29)31-16-6-15-30-21-11-14-24(20(17-21)18-27(2)3)32-25-8-5-4-7-23(25)26;1-21(2)13-14-12-15(22-11-5-10-19)8-9-17(14)23-18-7-4-3-6-16(18)20;1-17(2)10-11-9-12(18)7-8-14(11)19-15-6-4-3-5-13(15)16;1-3-4-9-14-15(12,13)11-7-5-10(2)6-8-11/h2*4-5,7-14,17H,6,15-16,18,26H2,1-3H3;3-4,6-9,12H,5,10-11,13,20H2,1-2H3;3-9,18H,10,16H2,1-2H3;5-8H,3-4,9H2,1-2H3/i2*6D2,15D2,16D2;5D2,10D2,11D2;;3D2,4D2,9D2. The number of alkyl halides is 1. The summed E-state index contributed by atoms with van der Waals surface area (Å²) in [6, 6.07) is 65.2. The maximum Gasteiger partial charge on any atom is 0.296 e. The van der Waals surface area contributed by atoms with E-state index in [0.29, 0.717) is 42.4 Å². The second kappa shape index (κ2) is 51.9. The van der Waals surface area contributed by atoms with Gasteiger partial charge in [-0.05, 0) is 264 Å². The van der Waals surface area contributed by atoms with E-state index in [0.717, 1.165) is 97.3 Å². The molecule has 0 aromatic heterocycles. The normalized spacial score (nSPS) is 15.7. The molecule has 0 spiro atoms. The predicted molar refractivity (Wildman–Crippen MR) is 501 cm³/mol. The zero-order valence-electron chi connectivity index (χ0n) is 93.6. The first-order valence-electron chi connectivity index (χ1n) is 49.1. The number of nitrogens with two attached hydrogens (primary N) is 4. The van der Waals surface area contributed by atoms with Gasteiger partial charge in [-0.2, -0.15) is 25.3 Å². The van der Waals surface area contributed by atoms with Gasteiger partial charge >= 0.3 is 0 Å². The quantitative estimate of drug-likeness (QED) is 0.0177. The minimum absolute atomic E-state index is 0.0367. The van der Waals surface area contributed by atoms with E-state index in [1.54, 1.807) is 75.0 Å². The monoisotopic (exact) mass is 1830 g/mol. The van der Waals surface area contributed by atoms with E-state index < -0.39 is 118 Å². The lowest BCUT2D eigenvalue weighted by atomic mass is 10.2. The van der Waals surface area contributed by atoms with Crippen LogP contribution in [0.15, 0.2) is 297 Å². The van der Waals surface area contributed by atoms with E-state index in [1.807, 2.05) is 162 Å². The van der Waals surface area contributed by atoms with Crippen molar-refractivity contribution in [1.82, 2.24) is 19.6 Å². The maximum absolute atomic E-state index is 13.6. The van der Waals surface area contributed by atoms with Crippen LogP contribution in [0.3, 0.4) is 0 Å². The molecule has 11 rings (SSSR count). The zero-order valence-corrected chi connectivity index (χ0v) is 75.3. The van der Waals surface area contributed by atoms with Crippen molar-refractivity contribution in [3.63, 3.8) is 0 Å². The van der Waals surface area contributed by atoms with Gasteiger partial charge in [0, 0.05) is 121 Å². The Kier molecular flexibility index (Phi) is 29.5. The molecular formula is C94H117FN8O13S7. The zero-order chi connectivity index (χ0) is 111. The molecule has 0 aliphatic rings. The molecule has 123 heavy (non-hydrogen) atoms. The predicted octanol–water partition coefficient (Wildman–Crippen LogP) is 19.8. The molecule has 0 radical (unpaired) electrons. The smallest absolute Gasteiger partial charge is 0.296 e. The summed E-state index contributed by atoms with van der Waals surface area (Å²) in [5.41, 5.74) is 32.3. The van der Waals surface area contributed by atoms with Gasteiger partial charge in [-0.25, -0.2) is 0 Å². The Morgan fingerprint density at radius 2 is 0.585 bits per heavy atom. The molecule has 21 nitrogen and oxygen atoms in total. The fraction of sp³-hybridized carbons (Fsp3) is 0.298. The van der Waals surface area contributed by atoms with E-state index in [9.17, 15) is 34.8 Å². The second-order valence-corrected chi connectivity index (χ2v) is 36.4. The van der Waals surface area contributed by atoms with Crippen molar-refractivity contribution >= 4 is 100 Å². The van der Waals surface area contributed by atoms with Gasteiger partial charge in [-0.3, -0.25) is 16.9 Å². The van der Waals surface area contributed by atoms with Crippen LogP contribution >= 0.6 is 47.0 Å². The van der Waals surface area contributed by atoms with Gasteiger partial charge in [-0.15, -0.1) is 0 Å². The first-order valence-corrected chi connectivity index (χ1v) is 44.6. The highest BCUT2D eigenvalue weighted by Gasteiger charge is 2.20. The average molecular weight is 1830 g/mol. The van der Waals surface area contributed by atoms with Crippen LogP contribution in [0.5, 0.6) is 23.0 Å². The third kappa shape index (κ3) is 36.1. The first kappa shape index (κ1) is 70.0. The van der Waals surface area contributed by atoms with Gasteiger partial charge in [-0.1, -0.05) is 162 Å². The van der Waals surface area contributed by atoms with Crippen molar-refractivity contribution < 1.29 is 94.4 Å². The number of phenols is 1. The number of anilines is 4. The Morgan fingerprint density at radius 3 is 0.846 bits per heavy atom. The average Bonchev–Trinajstić information content (AvgIpc) is 0.735. The summed E-state index contributed by atoms with van der Waals surface area (Å²) in [7, 11) is 1.02. The van der Waals surface area contributed by atoms with Gasteiger partial charge < -0.3 is 61.9 Å². The summed E-state index contributed by atoms with van der Waals surface area (Å²) in [5, 5.41) is 9.62. The molecule has 0 atom stereocenters. The number of ether oxygens (including phenoxy) is 3. The Labute approximate surface area is 779 Å². The second-order valence-electron chi connectivity index (χ2n) is 27.4. The van der Waals surface area contributed by atoms with Crippen molar-refractivity contribution in [3.8, 4) is 23.0 Å². The molecule has 0 fully saturated rings. The van der Waals surface area contributed by atoms with Gasteiger partial charge in [0.2, 0.25) is 0 Å². The number of aryl methyl sites for hydroxylation is 3. The first-order chi connectivity index (χ1) is 67.4. The summed E-state index contributed by atoms with van der Waals surface area (Å²) in [6.45, 7) is -16.3. The van der Waals surface area contributed by atoms with E-state index in [4.69, 9.17) is 70.0 Å². The molecule has 11 aromatic rings. The van der Waals surface area contributed by atoms with Gasteiger partial charge in [0.1, 0.15) is 23.0 Å². The summed E-state index contributed by atoms with van der Waals surface area (Å²) >= 11 is 5.86. The Hall–Kier alpha value is -9.28. The highest BCUT2D eigenvalue weighted by Crippen LogP contribution is 2.41. The van der Waals surface area contributed by atoms with Crippen molar-refractivity contribution in [2.75, 3.05) is 125 Å². The highest BCUT2D eigenvalue weighted by atomic mass is 32.2. The summed E-state index contributed by atoms with van der Waals surface area (Å²) in [6.07, 6.45) is -16.5. The third-order valence-corrected chi connectivity index (χ3v) is 24.3. The molecule has 0 aliphatic heterocycles. The van der Waals surface area contributed by atoms with E-state index >= 15 is 0 Å². The number of halogens is 1. The molecule has 0 unspecified atom stereocenters. The van der Waals surface area contributed by atoms with Gasteiger partial charge in [0.25, 0.3) is 30.4 Å². The lowest BCUT2D eigenvalue weighted by Crippen LogP contribution is -2.12. The van der Waals surface area contributed by atoms with Crippen molar-refractivity contribution in [3.05, 3.63) is 282 Å². The van der Waals surface area contributed by atoms with E-state index in [-0.39, 0.29) is 22.1 Å². The fourth-order valence-corrected chi connectivity index (χ4v) is 16.3. The third-order valence-electron chi connectivity index (χ3n) is 16.0. The minimum Gasteiger partial charge on any atom is -0.508 e. The number of para-hydroxylation sites is 4. The number of nitrogens with zero attached hydrogens (tertiary/aromatic N) is 4. The molecule has 0 saturated heterocycles. The van der Waals surface area contributed by atoms with Gasteiger partial charge in [0.05, 0.1) is 79.9 Å². The van der Waals surface area contributed by atoms with Crippen LogP contribution < -0.4 is 37.1 Å². The number of nitrogen functional groups attached to an aromatic ring is 4. The highest BCUT2D eigenvalue weighted by molar-refractivity contribution is 8.00. The fourth-order valence-electron chi connectivity index (χ4n) is 10.3. The molecule has 0 amide bonds. The minimum atomic E-state index is -4.77. The van der Waals surface area contributed by atoms with Crippen molar-refractivity contribution in [2.45, 2.75) is 140 Å².